The first-order chi connectivity index (χ1) is 16.9. The van der Waals surface area contributed by atoms with Gasteiger partial charge in [-0.3, -0.25) is 24.6 Å². The van der Waals surface area contributed by atoms with E-state index in [9.17, 15) is 24.1 Å². The number of amides is 2. The molecule has 3 aromatic carbocycles. The second-order valence-electron chi connectivity index (χ2n) is 7.97. The summed E-state index contributed by atoms with van der Waals surface area (Å²) in [6.07, 6.45) is 3.46. The molecule has 4 aromatic rings. The Kier molecular flexibility index (Phi) is 5.92. The van der Waals surface area contributed by atoms with E-state index in [0.717, 1.165) is 27.6 Å². The van der Waals surface area contributed by atoms with Crippen molar-refractivity contribution < 1.29 is 18.9 Å². The van der Waals surface area contributed by atoms with Crippen LogP contribution in [0.5, 0.6) is 0 Å². The number of hydrogen-bond acceptors (Lipinski definition) is 5. The molecule has 9 heteroatoms. The molecular formula is C26H18FN3O4S. The molecule has 0 radical (unpaired) electrons. The van der Waals surface area contributed by atoms with E-state index in [1.807, 2.05) is 35.0 Å². The number of nitro groups is 1. The van der Waals surface area contributed by atoms with Crippen LogP contribution in [0.2, 0.25) is 0 Å². The van der Waals surface area contributed by atoms with Gasteiger partial charge in [-0.1, -0.05) is 54.6 Å². The molecule has 35 heavy (non-hydrogen) atoms. The Morgan fingerprint density at radius 2 is 1.60 bits per heavy atom. The lowest BCUT2D eigenvalue weighted by atomic mass is 10.1. The fourth-order valence-corrected chi connectivity index (χ4v) is 4.93. The van der Waals surface area contributed by atoms with Gasteiger partial charge in [0.25, 0.3) is 16.8 Å². The van der Waals surface area contributed by atoms with E-state index in [0.29, 0.717) is 11.1 Å². The maximum Gasteiger partial charge on any atom is 0.293 e. The summed E-state index contributed by atoms with van der Waals surface area (Å²) in [7, 11) is 0. The quantitative estimate of drug-likeness (QED) is 0.190. The minimum atomic E-state index is -0.487. The monoisotopic (exact) mass is 487 g/mol. The van der Waals surface area contributed by atoms with Gasteiger partial charge in [0.15, 0.2) is 0 Å². The van der Waals surface area contributed by atoms with Gasteiger partial charge in [0.05, 0.1) is 22.9 Å². The van der Waals surface area contributed by atoms with Crippen LogP contribution in [0.1, 0.15) is 16.7 Å². The number of rotatable bonds is 6. The van der Waals surface area contributed by atoms with Crippen molar-refractivity contribution in [3.05, 3.63) is 117 Å². The average Bonchev–Trinajstić information content (AvgIpc) is 3.32. The molecule has 0 aliphatic carbocycles. The number of para-hydroxylation sites is 2. The van der Waals surface area contributed by atoms with Gasteiger partial charge in [-0.25, -0.2) is 4.39 Å². The van der Waals surface area contributed by atoms with Crippen molar-refractivity contribution in [3.63, 3.8) is 0 Å². The molecule has 0 unspecified atom stereocenters. The van der Waals surface area contributed by atoms with Crippen LogP contribution in [-0.2, 0) is 17.9 Å². The SMILES string of the molecule is O=C1S/C(=C\c2cn(Cc3ccccc3[N+](=O)[O-])c3ccccc23)C(=O)N1Cc1ccccc1F. The van der Waals surface area contributed by atoms with E-state index in [1.165, 1.54) is 12.1 Å². The highest BCUT2D eigenvalue weighted by Gasteiger charge is 2.35. The lowest BCUT2D eigenvalue weighted by Gasteiger charge is -2.12. The number of imide groups is 1. The first-order valence-corrected chi connectivity index (χ1v) is 11.5. The molecule has 0 atom stereocenters. The second-order valence-corrected chi connectivity index (χ2v) is 8.97. The summed E-state index contributed by atoms with van der Waals surface area (Å²) in [6.45, 7) is 0.119. The molecular weight excluding hydrogens is 469 g/mol. The van der Waals surface area contributed by atoms with E-state index in [4.69, 9.17) is 0 Å². The number of aromatic nitrogens is 1. The number of fused-ring (bicyclic) bond motifs is 1. The number of carbonyl (C=O) groups is 2. The summed E-state index contributed by atoms with van der Waals surface area (Å²) in [6, 6.07) is 20.1. The van der Waals surface area contributed by atoms with Crippen LogP contribution in [0.4, 0.5) is 14.9 Å². The van der Waals surface area contributed by atoms with E-state index in [1.54, 1.807) is 42.5 Å². The summed E-state index contributed by atoms with van der Waals surface area (Å²) in [4.78, 5) is 37.9. The number of hydrogen-bond donors (Lipinski definition) is 0. The predicted octanol–water partition coefficient (Wildman–Crippen LogP) is 5.97. The Morgan fingerprint density at radius 1 is 0.914 bits per heavy atom. The minimum Gasteiger partial charge on any atom is -0.342 e. The third-order valence-electron chi connectivity index (χ3n) is 5.79. The fraction of sp³-hybridized carbons (Fsp3) is 0.0769. The normalized spacial score (nSPS) is 14.9. The number of nitro benzene ring substituents is 1. The zero-order chi connectivity index (χ0) is 24.5. The maximum atomic E-state index is 14.1. The molecule has 1 fully saturated rings. The van der Waals surface area contributed by atoms with Crippen molar-refractivity contribution in [1.82, 2.24) is 9.47 Å². The Labute approximate surface area is 203 Å². The van der Waals surface area contributed by atoms with E-state index < -0.39 is 21.9 Å². The minimum absolute atomic E-state index is 0.0288. The summed E-state index contributed by atoms with van der Waals surface area (Å²) >= 11 is 0.807. The largest absolute Gasteiger partial charge is 0.342 e. The fourth-order valence-electron chi connectivity index (χ4n) is 4.10. The van der Waals surface area contributed by atoms with Gasteiger partial charge in [-0.05, 0) is 30.0 Å². The summed E-state index contributed by atoms with van der Waals surface area (Å²) in [5, 5.41) is 11.8. The maximum absolute atomic E-state index is 14.1. The molecule has 7 nitrogen and oxygen atoms in total. The Hall–Kier alpha value is -4.24. The highest BCUT2D eigenvalue weighted by Crippen LogP contribution is 2.35. The average molecular weight is 488 g/mol. The molecule has 0 bridgehead atoms. The zero-order valence-corrected chi connectivity index (χ0v) is 19.1. The first-order valence-electron chi connectivity index (χ1n) is 10.7. The molecule has 0 spiro atoms. The van der Waals surface area contributed by atoms with Crippen LogP contribution in [0.3, 0.4) is 0 Å². The van der Waals surface area contributed by atoms with Crippen LogP contribution in [-0.4, -0.2) is 25.5 Å². The van der Waals surface area contributed by atoms with Crippen molar-refractivity contribution >= 4 is 45.6 Å². The van der Waals surface area contributed by atoms with Crippen LogP contribution in [0.25, 0.3) is 17.0 Å². The van der Waals surface area contributed by atoms with Crippen LogP contribution in [0, 0.1) is 15.9 Å². The van der Waals surface area contributed by atoms with Crippen molar-refractivity contribution in [2.75, 3.05) is 0 Å². The highest BCUT2D eigenvalue weighted by molar-refractivity contribution is 8.18. The Balaban J connectivity index is 1.49. The molecule has 1 aliphatic rings. The molecule has 0 saturated carbocycles. The summed E-state index contributed by atoms with van der Waals surface area (Å²) in [5.74, 6) is -0.965. The standard InChI is InChI=1S/C26H18FN3O4S/c27-21-10-4-1-7-17(21)16-29-25(31)24(35-26(29)32)13-19-15-28(23-12-6-3-9-20(19)23)14-18-8-2-5-11-22(18)30(33)34/h1-13,15H,14,16H2/b24-13-. The van der Waals surface area contributed by atoms with Crippen molar-refractivity contribution in [1.29, 1.82) is 0 Å². The third kappa shape index (κ3) is 4.33. The van der Waals surface area contributed by atoms with Crippen LogP contribution < -0.4 is 0 Å². The van der Waals surface area contributed by atoms with E-state index >= 15 is 0 Å². The molecule has 2 amide bonds. The number of thioether (sulfide) groups is 1. The van der Waals surface area contributed by atoms with Crippen LogP contribution in [0.15, 0.2) is 83.9 Å². The van der Waals surface area contributed by atoms with Gasteiger partial charge in [0.1, 0.15) is 5.82 Å². The molecule has 1 saturated heterocycles. The highest BCUT2D eigenvalue weighted by atomic mass is 32.2. The van der Waals surface area contributed by atoms with Gasteiger partial charge in [0.2, 0.25) is 0 Å². The summed E-state index contributed by atoms with van der Waals surface area (Å²) < 4.78 is 15.9. The summed E-state index contributed by atoms with van der Waals surface area (Å²) in [5.41, 5.74) is 2.38. The number of benzene rings is 3. The second kappa shape index (κ2) is 9.19. The molecule has 1 aromatic heterocycles. The number of nitrogens with zero attached hydrogens (tertiary/aromatic N) is 3. The van der Waals surface area contributed by atoms with E-state index in [2.05, 4.69) is 0 Å². The third-order valence-corrected chi connectivity index (χ3v) is 6.70. The Bertz CT molecular complexity index is 1530. The zero-order valence-electron chi connectivity index (χ0n) is 18.3. The first kappa shape index (κ1) is 22.5. The van der Waals surface area contributed by atoms with Gasteiger partial charge in [-0.15, -0.1) is 0 Å². The Morgan fingerprint density at radius 3 is 2.37 bits per heavy atom. The lowest BCUT2D eigenvalue weighted by molar-refractivity contribution is -0.385. The van der Waals surface area contributed by atoms with Crippen molar-refractivity contribution in [3.8, 4) is 0 Å². The topological polar surface area (TPSA) is 85.5 Å². The van der Waals surface area contributed by atoms with Gasteiger partial charge < -0.3 is 4.57 Å². The van der Waals surface area contributed by atoms with Crippen molar-refractivity contribution in [2.24, 2.45) is 0 Å². The molecule has 2 heterocycles. The molecule has 5 rings (SSSR count). The van der Waals surface area contributed by atoms with Gasteiger partial charge in [-0.2, -0.15) is 0 Å². The predicted molar refractivity (Wildman–Crippen MR) is 132 cm³/mol. The molecule has 1 aliphatic heterocycles. The van der Waals surface area contributed by atoms with Gasteiger partial charge in [0, 0.05) is 39.9 Å². The van der Waals surface area contributed by atoms with E-state index in [-0.39, 0.29) is 29.2 Å². The van der Waals surface area contributed by atoms with Crippen LogP contribution >= 0.6 is 11.8 Å². The van der Waals surface area contributed by atoms with Crippen molar-refractivity contribution in [2.45, 2.75) is 13.1 Å². The van der Waals surface area contributed by atoms with Gasteiger partial charge >= 0.3 is 0 Å². The number of carbonyl (C=O) groups excluding carboxylic acids is 2. The lowest BCUT2D eigenvalue weighted by Crippen LogP contribution is -2.27. The molecule has 174 valence electrons. The number of halogens is 1. The smallest absolute Gasteiger partial charge is 0.293 e. The molecule has 0 N–H and O–H groups in total.